The van der Waals surface area contributed by atoms with Crippen LogP contribution in [0, 0.1) is 0 Å². The number of para-hydroxylation sites is 1. The van der Waals surface area contributed by atoms with E-state index in [1.807, 2.05) is 55.5 Å². The molecule has 0 saturated heterocycles. The van der Waals surface area contributed by atoms with Gasteiger partial charge in [0.15, 0.2) is 0 Å². The molecule has 1 atom stereocenters. The molecule has 0 aliphatic rings. The molecule has 0 aromatic heterocycles. The number of anilines is 1. The molecule has 0 bridgehead atoms. The van der Waals surface area contributed by atoms with Crippen molar-refractivity contribution in [2.45, 2.75) is 19.4 Å². The smallest absolute Gasteiger partial charge is 0.227 e. The van der Waals surface area contributed by atoms with Gasteiger partial charge in [-0.05, 0) is 36.2 Å². The minimum Gasteiger partial charge on any atom is -0.398 e. The molecule has 2 N–H and O–H groups in total. The molecule has 2 rings (SSSR count). The van der Waals surface area contributed by atoms with Crippen LogP contribution in [0.3, 0.4) is 0 Å². The molecule has 2 aromatic rings. The highest BCUT2D eigenvalue weighted by Crippen LogP contribution is 2.22. The molecule has 0 saturated carbocycles. The summed E-state index contributed by atoms with van der Waals surface area (Å²) in [6.07, 6.45) is 0.307. The van der Waals surface area contributed by atoms with Crippen LogP contribution in [0.4, 0.5) is 5.69 Å². The number of nitrogens with two attached hydrogens (primary N) is 1. The Labute approximate surface area is 130 Å². The average Bonchev–Trinajstić information content (AvgIpc) is 2.49. The van der Waals surface area contributed by atoms with Crippen LogP contribution in [0.1, 0.15) is 24.1 Å². The number of nitrogens with zero attached hydrogens (tertiary/aromatic N) is 1. The Kier molecular flexibility index (Phi) is 4.86. The van der Waals surface area contributed by atoms with Gasteiger partial charge in [0.05, 0.1) is 12.5 Å². The largest absolute Gasteiger partial charge is 0.398 e. The van der Waals surface area contributed by atoms with Crippen molar-refractivity contribution < 1.29 is 4.79 Å². The minimum atomic E-state index is -0.0142. The van der Waals surface area contributed by atoms with Crippen molar-refractivity contribution in [1.82, 2.24) is 4.90 Å². The second-order valence-corrected chi connectivity index (χ2v) is 5.54. The third-order valence-electron chi connectivity index (χ3n) is 3.72. The van der Waals surface area contributed by atoms with Gasteiger partial charge in [0, 0.05) is 17.8 Å². The van der Waals surface area contributed by atoms with Gasteiger partial charge in [0.1, 0.15) is 0 Å². The SMILES string of the molecule is CC(c1ccc(Cl)cc1)N(C)C(=O)Cc1ccccc1N. The van der Waals surface area contributed by atoms with Crippen LogP contribution in [0.25, 0.3) is 0 Å². The molecular formula is C17H19ClN2O. The first kappa shape index (κ1) is 15.4. The number of benzene rings is 2. The second-order valence-electron chi connectivity index (χ2n) is 5.11. The van der Waals surface area contributed by atoms with E-state index in [9.17, 15) is 4.79 Å². The van der Waals surface area contributed by atoms with Crippen LogP contribution in [0.15, 0.2) is 48.5 Å². The summed E-state index contributed by atoms with van der Waals surface area (Å²) in [5.41, 5.74) is 8.45. The Morgan fingerprint density at radius 3 is 2.43 bits per heavy atom. The molecule has 21 heavy (non-hydrogen) atoms. The first-order valence-electron chi connectivity index (χ1n) is 6.83. The molecule has 1 amide bonds. The normalized spacial score (nSPS) is 12.0. The Bertz CT molecular complexity index is 625. The summed E-state index contributed by atoms with van der Waals surface area (Å²) >= 11 is 5.89. The van der Waals surface area contributed by atoms with Crippen molar-refractivity contribution >= 4 is 23.2 Å². The fourth-order valence-electron chi connectivity index (χ4n) is 2.16. The number of likely N-dealkylation sites (N-methyl/N-ethyl adjacent to an activating group) is 1. The highest BCUT2D eigenvalue weighted by atomic mass is 35.5. The van der Waals surface area contributed by atoms with E-state index in [0.717, 1.165) is 11.1 Å². The van der Waals surface area contributed by atoms with Crippen LogP contribution in [-0.2, 0) is 11.2 Å². The average molecular weight is 303 g/mol. The van der Waals surface area contributed by atoms with E-state index in [2.05, 4.69) is 0 Å². The van der Waals surface area contributed by atoms with Gasteiger partial charge in [0.25, 0.3) is 0 Å². The number of rotatable bonds is 4. The molecule has 0 radical (unpaired) electrons. The van der Waals surface area contributed by atoms with Gasteiger partial charge in [-0.3, -0.25) is 4.79 Å². The second kappa shape index (κ2) is 6.64. The van der Waals surface area contributed by atoms with Gasteiger partial charge in [-0.1, -0.05) is 41.9 Å². The minimum absolute atomic E-state index is 0.0142. The predicted octanol–water partition coefficient (Wildman–Crippen LogP) is 3.68. The maximum absolute atomic E-state index is 12.4. The topological polar surface area (TPSA) is 46.3 Å². The summed E-state index contributed by atoms with van der Waals surface area (Å²) in [4.78, 5) is 14.1. The van der Waals surface area contributed by atoms with Gasteiger partial charge in [0.2, 0.25) is 5.91 Å². The summed E-state index contributed by atoms with van der Waals surface area (Å²) < 4.78 is 0. The third kappa shape index (κ3) is 3.76. The van der Waals surface area contributed by atoms with Gasteiger partial charge >= 0.3 is 0 Å². The Morgan fingerprint density at radius 2 is 1.81 bits per heavy atom. The summed E-state index contributed by atoms with van der Waals surface area (Å²) in [6.45, 7) is 2.00. The lowest BCUT2D eigenvalue weighted by molar-refractivity contribution is -0.131. The van der Waals surface area contributed by atoms with Gasteiger partial charge < -0.3 is 10.6 Å². The monoisotopic (exact) mass is 302 g/mol. The molecule has 4 heteroatoms. The zero-order valence-electron chi connectivity index (χ0n) is 12.2. The number of halogens is 1. The van der Waals surface area contributed by atoms with Crippen LogP contribution in [0.2, 0.25) is 5.02 Å². The van der Waals surface area contributed by atoms with E-state index in [1.54, 1.807) is 11.9 Å². The van der Waals surface area contributed by atoms with Gasteiger partial charge in [-0.2, -0.15) is 0 Å². The fourth-order valence-corrected chi connectivity index (χ4v) is 2.29. The number of carbonyl (C=O) groups is 1. The van der Waals surface area contributed by atoms with E-state index in [-0.39, 0.29) is 11.9 Å². The van der Waals surface area contributed by atoms with Crippen LogP contribution in [-0.4, -0.2) is 17.9 Å². The molecule has 0 spiro atoms. The Hall–Kier alpha value is -2.00. The van der Waals surface area contributed by atoms with E-state index in [4.69, 9.17) is 17.3 Å². The van der Waals surface area contributed by atoms with Gasteiger partial charge in [-0.15, -0.1) is 0 Å². The number of hydrogen-bond acceptors (Lipinski definition) is 2. The molecule has 0 aliphatic carbocycles. The highest BCUT2D eigenvalue weighted by molar-refractivity contribution is 6.30. The number of amides is 1. The van der Waals surface area contributed by atoms with Crippen molar-refractivity contribution in [3.8, 4) is 0 Å². The molecule has 1 unspecified atom stereocenters. The van der Waals surface area contributed by atoms with Crippen LogP contribution >= 0.6 is 11.6 Å². The van der Waals surface area contributed by atoms with Crippen molar-refractivity contribution in [2.75, 3.05) is 12.8 Å². The van der Waals surface area contributed by atoms with Crippen molar-refractivity contribution in [3.63, 3.8) is 0 Å². The van der Waals surface area contributed by atoms with E-state index < -0.39 is 0 Å². The summed E-state index contributed by atoms with van der Waals surface area (Å²) in [7, 11) is 1.81. The highest BCUT2D eigenvalue weighted by Gasteiger charge is 2.18. The van der Waals surface area contributed by atoms with Crippen LogP contribution < -0.4 is 5.73 Å². The molecular weight excluding hydrogens is 284 g/mol. The lowest BCUT2D eigenvalue weighted by atomic mass is 10.1. The maximum atomic E-state index is 12.4. The first-order valence-corrected chi connectivity index (χ1v) is 7.21. The Morgan fingerprint density at radius 1 is 1.19 bits per heavy atom. The van der Waals surface area contributed by atoms with Crippen LogP contribution in [0.5, 0.6) is 0 Å². The number of nitrogen functional groups attached to an aromatic ring is 1. The predicted molar refractivity (Wildman–Crippen MR) is 87.2 cm³/mol. The molecule has 3 nitrogen and oxygen atoms in total. The molecule has 2 aromatic carbocycles. The quantitative estimate of drug-likeness (QED) is 0.876. The fraction of sp³-hybridized carbons (Fsp3) is 0.235. The summed E-state index contributed by atoms with van der Waals surface area (Å²) in [5, 5.41) is 0.692. The standard InChI is InChI=1S/C17H19ClN2O/c1-12(13-7-9-15(18)10-8-13)20(2)17(21)11-14-5-3-4-6-16(14)19/h3-10,12H,11,19H2,1-2H3. The van der Waals surface area contributed by atoms with E-state index in [0.29, 0.717) is 17.1 Å². The van der Waals surface area contributed by atoms with E-state index in [1.165, 1.54) is 0 Å². The molecule has 110 valence electrons. The summed E-state index contributed by atoms with van der Waals surface area (Å²) in [5.74, 6) is 0.0374. The zero-order chi connectivity index (χ0) is 15.4. The first-order chi connectivity index (χ1) is 9.99. The molecule has 0 heterocycles. The molecule has 0 aliphatic heterocycles. The number of hydrogen-bond donors (Lipinski definition) is 1. The Balaban J connectivity index is 2.08. The van der Waals surface area contributed by atoms with Crippen molar-refractivity contribution in [1.29, 1.82) is 0 Å². The lowest BCUT2D eigenvalue weighted by Gasteiger charge is -2.25. The number of carbonyl (C=O) groups excluding carboxylic acids is 1. The zero-order valence-corrected chi connectivity index (χ0v) is 13.0. The van der Waals surface area contributed by atoms with Crippen molar-refractivity contribution in [2.24, 2.45) is 0 Å². The lowest BCUT2D eigenvalue weighted by Crippen LogP contribution is -2.31. The summed E-state index contributed by atoms with van der Waals surface area (Å²) in [6, 6.07) is 15.0. The third-order valence-corrected chi connectivity index (χ3v) is 3.98. The maximum Gasteiger partial charge on any atom is 0.227 e. The van der Waals surface area contributed by atoms with Crippen molar-refractivity contribution in [3.05, 3.63) is 64.7 Å². The molecule has 0 fully saturated rings. The van der Waals surface area contributed by atoms with Gasteiger partial charge in [-0.25, -0.2) is 0 Å². The van der Waals surface area contributed by atoms with E-state index >= 15 is 0 Å².